The third-order valence-corrected chi connectivity index (χ3v) is 3.75. The highest BCUT2D eigenvalue weighted by Gasteiger charge is 2.51. The zero-order chi connectivity index (χ0) is 20.3. The van der Waals surface area contributed by atoms with E-state index in [0.29, 0.717) is 5.56 Å². The van der Waals surface area contributed by atoms with Crippen LogP contribution in [0.25, 0.3) is 0 Å². The molecule has 0 radical (unpaired) electrons. The van der Waals surface area contributed by atoms with Crippen molar-refractivity contribution in [1.82, 2.24) is 0 Å². The van der Waals surface area contributed by atoms with Gasteiger partial charge in [-0.05, 0) is 11.6 Å². The van der Waals surface area contributed by atoms with Crippen molar-refractivity contribution in [3.05, 3.63) is 60.7 Å². The van der Waals surface area contributed by atoms with E-state index in [0.717, 1.165) is 7.11 Å². The Morgan fingerprint density at radius 3 is 2.15 bits per heavy atom. The van der Waals surface area contributed by atoms with E-state index < -0.39 is 29.7 Å². The zero-order valence-corrected chi connectivity index (χ0v) is 15.1. The maximum Gasteiger partial charge on any atom is 0.324 e. The molecular weight excluding hydrogens is 350 g/mol. The van der Waals surface area contributed by atoms with Gasteiger partial charge in [-0.25, -0.2) is 0 Å². The number of nitrogens with zero attached hydrogens (tertiary/aromatic N) is 1. The van der Waals surface area contributed by atoms with Crippen LogP contribution in [0.4, 0.5) is 0 Å². The molecule has 7 nitrogen and oxygen atoms in total. The molecule has 0 unspecified atom stereocenters. The molecule has 0 spiro atoms. The fraction of sp³-hybridized carbons (Fsp3) is 0.300. The van der Waals surface area contributed by atoms with Gasteiger partial charge in [0.2, 0.25) is 0 Å². The zero-order valence-electron chi connectivity index (χ0n) is 15.1. The highest BCUT2D eigenvalue weighted by molar-refractivity contribution is 6.03. The lowest BCUT2D eigenvalue weighted by molar-refractivity contribution is -0.175. The maximum atomic E-state index is 12.8. The molecule has 0 aliphatic carbocycles. The minimum Gasteiger partial charge on any atom is -0.469 e. The lowest BCUT2D eigenvalue weighted by Gasteiger charge is -2.28. The van der Waals surface area contributed by atoms with Gasteiger partial charge < -0.3 is 14.2 Å². The van der Waals surface area contributed by atoms with Gasteiger partial charge in [-0.2, -0.15) is 5.26 Å². The number of carbonyl (C=O) groups is 3. The Bertz CT molecular complexity index is 738. The van der Waals surface area contributed by atoms with Gasteiger partial charge in [0.25, 0.3) is 0 Å². The van der Waals surface area contributed by atoms with E-state index >= 15 is 0 Å². The summed E-state index contributed by atoms with van der Waals surface area (Å²) in [6.07, 6.45) is 1.80. The Kier molecular flexibility index (Phi) is 8.46. The van der Waals surface area contributed by atoms with E-state index in [1.807, 2.05) is 6.07 Å². The summed E-state index contributed by atoms with van der Waals surface area (Å²) in [6, 6.07) is 8.44. The SMILES string of the molecule is C=CCOC(=O)C(CC(=O)OC)(Cc1ccccc1C#N)C(=O)OCC=C. The first kappa shape index (κ1) is 21.6. The van der Waals surface area contributed by atoms with Gasteiger partial charge in [-0.3, -0.25) is 14.4 Å². The molecule has 0 amide bonds. The Labute approximate surface area is 157 Å². The quantitative estimate of drug-likeness (QED) is 0.268. The second-order valence-corrected chi connectivity index (χ2v) is 5.56. The van der Waals surface area contributed by atoms with Gasteiger partial charge in [0.05, 0.1) is 25.2 Å². The molecular formula is C20H21NO6. The topological polar surface area (TPSA) is 103 Å². The largest absolute Gasteiger partial charge is 0.469 e. The maximum absolute atomic E-state index is 12.8. The Morgan fingerprint density at radius 2 is 1.67 bits per heavy atom. The number of carbonyl (C=O) groups excluding carboxylic acids is 3. The minimum atomic E-state index is -2.01. The van der Waals surface area contributed by atoms with E-state index in [1.165, 1.54) is 12.2 Å². The Hall–Kier alpha value is -3.40. The van der Waals surface area contributed by atoms with E-state index in [-0.39, 0.29) is 25.2 Å². The minimum absolute atomic E-state index is 0.156. The Balaban J connectivity index is 3.46. The molecule has 142 valence electrons. The standard InChI is InChI=1S/C20H21NO6/c1-4-10-26-18(23)20(13-17(22)25-3,19(24)27-11-5-2)12-15-8-6-7-9-16(15)14-21/h4-9H,1-2,10-13H2,3H3. The smallest absolute Gasteiger partial charge is 0.324 e. The molecule has 0 saturated carbocycles. The molecule has 0 heterocycles. The lowest BCUT2D eigenvalue weighted by Crippen LogP contribution is -2.46. The van der Waals surface area contributed by atoms with Crippen molar-refractivity contribution in [2.75, 3.05) is 20.3 Å². The van der Waals surface area contributed by atoms with Gasteiger partial charge in [-0.1, -0.05) is 43.5 Å². The summed E-state index contributed by atoms with van der Waals surface area (Å²) in [6.45, 7) is 6.60. The summed E-state index contributed by atoms with van der Waals surface area (Å²) in [7, 11) is 1.14. The molecule has 7 heteroatoms. The van der Waals surface area contributed by atoms with Crippen LogP contribution in [0.5, 0.6) is 0 Å². The van der Waals surface area contributed by atoms with E-state index in [9.17, 15) is 19.6 Å². The number of benzene rings is 1. The van der Waals surface area contributed by atoms with Gasteiger partial charge >= 0.3 is 17.9 Å². The summed E-state index contributed by atoms with van der Waals surface area (Å²) in [5, 5.41) is 9.30. The van der Waals surface area contributed by atoms with E-state index in [4.69, 9.17) is 9.47 Å². The predicted molar refractivity (Wildman–Crippen MR) is 96.2 cm³/mol. The number of esters is 3. The number of rotatable bonds is 10. The second kappa shape index (κ2) is 10.6. The number of methoxy groups -OCH3 is 1. The van der Waals surface area contributed by atoms with Crippen molar-refractivity contribution in [3.63, 3.8) is 0 Å². The van der Waals surface area contributed by atoms with Crippen LogP contribution in [-0.2, 0) is 35.0 Å². The van der Waals surface area contributed by atoms with Crippen LogP contribution < -0.4 is 0 Å². The van der Waals surface area contributed by atoms with Gasteiger partial charge in [0, 0.05) is 6.42 Å². The van der Waals surface area contributed by atoms with E-state index in [1.54, 1.807) is 24.3 Å². The summed E-state index contributed by atoms with van der Waals surface area (Å²) in [5.74, 6) is -2.72. The molecule has 1 aromatic rings. The van der Waals surface area contributed by atoms with Crippen molar-refractivity contribution in [1.29, 1.82) is 5.26 Å². The first-order valence-electron chi connectivity index (χ1n) is 8.06. The van der Waals surface area contributed by atoms with Crippen LogP contribution in [-0.4, -0.2) is 38.2 Å². The highest BCUT2D eigenvalue weighted by atomic mass is 16.6. The first-order chi connectivity index (χ1) is 12.9. The molecule has 1 aromatic carbocycles. The summed E-state index contributed by atoms with van der Waals surface area (Å²) in [5.41, 5.74) is -1.35. The lowest BCUT2D eigenvalue weighted by atomic mass is 9.77. The predicted octanol–water partition coefficient (Wildman–Crippen LogP) is 2.11. The normalized spacial score (nSPS) is 10.2. The van der Waals surface area contributed by atoms with Gasteiger partial charge in [-0.15, -0.1) is 0 Å². The van der Waals surface area contributed by atoms with Crippen molar-refractivity contribution in [3.8, 4) is 6.07 Å². The fourth-order valence-electron chi connectivity index (χ4n) is 2.41. The number of nitriles is 1. The monoisotopic (exact) mass is 371 g/mol. The molecule has 0 saturated heterocycles. The van der Waals surface area contributed by atoms with E-state index in [2.05, 4.69) is 17.9 Å². The number of ether oxygens (including phenoxy) is 3. The van der Waals surface area contributed by atoms with Crippen LogP contribution in [0.2, 0.25) is 0 Å². The summed E-state index contributed by atoms with van der Waals surface area (Å²) < 4.78 is 14.8. The van der Waals surface area contributed by atoms with Gasteiger partial charge in [0.1, 0.15) is 13.2 Å². The highest BCUT2D eigenvalue weighted by Crippen LogP contribution is 2.33. The molecule has 0 N–H and O–H groups in total. The van der Waals surface area contributed by atoms with Crippen LogP contribution in [0, 0.1) is 16.7 Å². The third kappa shape index (κ3) is 5.54. The van der Waals surface area contributed by atoms with Crippen molar-refractivity contribution < 1.29 is 28.6 Å². The third-order valence-electron chi connectivity index (χ3n) is 3.75. The number of hydrogen-bond donors (Lipinski definition) is 0. The molecule has 27 heavy (non-hydrogen) atoms. The summed E-state index contributed by atoms with van der Waals surface area (Å²) in [4.78, 5) is 37.6. The second-order valence-electron chi connectivity index (χ2n) is 5.56. The average molecular weight is 371 g/mol. The summed E-state index contributed by atoms with van der Waals surface area (Å²) >= 11 is 0. The number of hydrogen-bond acceptors (Lipinski definition) is 7. The molecule has 0 atom stereocenters. The average Bonchev–Trinajstić information content (AvgIpc) is 2.69. The van der Waals surface area contributed by atoms with Crippen LogP contribution >= 0.6 is 0 Å². The van der Waals surface area contributed by atoms with Crippen molar-refractivity contribution >= 4 is 17.9 Å². The fourth-order valence-corrected chi connectivity index (χ4v) is 2.41. The molecule has 1 rings (SSSR count). The van der Waals surface area contributed by atoms with Crippen molar-refractivity contribution in [2.24, 2.45) is 5.41 Å². The van der Waals surface area contributed by atoms with Crippen LogP contribution in [0.15, 0.2) is 49.6 Å². The Morgan fingerprint density at radius 1 is 1.11 bits per heavy atom. The van der Waals surface area contributed by atoms with Crippen LogP contribution in [0.3, 0.4) is 0 Å². The van der Waals surface area contributed by atoms with Gasteiger partial charge in [0.15, 0.2) is 5.41 Å². The first-order valence-corrected chi connectivity index (χ1v) is 8.06. The van der Waals surface area contributed by atoms with Crippen LogP contribution in [0.1, 0.15) is 17.5 Å². The molecule has 0 aliphatic heterocycles. The molecule has 0 aliphatic rings. The molecule has 0 bridgehead atoms. The molecule has 0 aromatic heterocycles. The van der Waals surface area contributed by atoms with Crippen molar-refractivity contribution in [2.45, 2.75) is 12.8 Å². The molecule has 0 fully saturated rings.